The average Bonchev–Trinajstić information content (AvgIpc) is 2.87. The third kappa shape index (κ3) is 2.07. The first-order chi connectivity index (χ1) is 9.88. The van der Waals surface area contributed by atoms with Crippen molar-refractivity contribution in [1.29, 1.82) is 0 Å². The molecular formula is C14H14F3N3S. The molecule has 7 heteroatoms. The van der Waals surface area contributed by atoms with E-state index < -0.39 is 11.6 Å². The largest absolute Gasteiger partial charge is 0.401 e. The Morgan fingerprint density at radius 2 is 2.19 bits per heavy atom. The second-order valence-corrected chi connectivity index (χ2v) is 6.02. The van der Waals surface area contributed by atoms with Gasteiger partial charge in [0.1, 0.15) is 16.6 Å². The van der Waals surface area contributed by atoms with Gasteiger partial charge in [-0.05, 0) is 12.5 Å². The molecule has 3 rings (SSSR count). The first kappa shape index (κ1) is 14.2. The fraction of sp³-hybridized carbons (Fsp3) is 0.357. The molecule has 0 aromatic carbocycles. The number of nitrogens with zero attached hydrogens (tertiary/aromatic N) is 1. The summed E-state index contributed by atoms with van der Waals surface area (Å²) in [5, 5.41) is 3.46. The van der Waals surface area contributed by atoms with Crippen LogP contribution in [0.3, 0.4) is 0 Å². The van der Waals surface area contributed by atoms with Gasteiger partial charge in [0.15, 0.2) is 0 Å². The van der Waals surface area contributed by atoms with Gasteiger partial charge in [0, 0.05) is 11.3 Å². The molecule has 1 aliphatic heterocycles. The van der Waals surface area contributed by atoms with Gasteiger partial charge in [-0.15, -0.1) is 11.3 Å². The molecule has 2 heterocycles. The monoisotopic (exact) mass is 313 g/mol. The van der Waals surface area contributed by atoms with Crippen molar-refractivity contribution in [3.8, 4) is 0 Å². The number of nitrogens with two attached hydrogens (primary N) is 1. The van der Waals surface area contributed by atoms with E-state index in [0.717, 1.165) is 10.1 Å². The Bertz CT molecular complexity index is 757. The molecule has 112 valence electrons. The molecule has 1 aromatic rings. The topological polar surface area (TPSA) is 50.9 Å². The van der Waals surface area contributed by atoms with Gasteiger partial charge in [-0.2, -0.15) is 13.2 Å². The van der Waals surface area contributed by atoms with Crippen molar-refractivity contribution in [3.63, 3.8) is 0 Å². The summed E-state index contributed by atoms with van der Waals surface area (Å²) in [6, 6.07) is 0. The minimum atomic E-state index is -4.33. The SMILES string of the molecule is CCCC1(C(F)(F)F)C=CC2=c3scnc3=C(N)NC2=C1. The normalized spacial score (nSPS) is 24.3. The number of nitrogens with one attached hydrogen (secondary N) is 1. The fourth-order valence-electron chi connectivity index (χ4n) is 2.73. The van der Waals surface area contributed by atoms with E-state index in [1.54, 1.807) is 12.4 Å². The average molecular weight is 313 g/mol. The Morgan fingerprint density at radius 1 is 1.43 bits per heavy atom. The van der Waals surface area contributed by atoms with Gasteiger partial charge in [-0.25, -0.2) is 4.98 Å². The maximum atomic E-state index is 13.5. The summed E-state index contributed by atoms with van der Waals surface area (Å²) >= 11 is 1.37. The van der Waals surface area contributed by atoms with Crippen LogP contribution in [0.15, 0.2) is 29.4 Å². The van der Waals surface area contributed by atoms with E-state index in [1.165, 1.54) is 29.6 Å². The second-order valence-electron chi connectivity index (χ2n) is 5.16. The molecule has 1 unspecified atom stereocenters. The third-order valence-corrected chi connectivity index (χ3v) is 4.63. The number of thiazole rings is 1. The molecule has 0 spiro atoms. The van der Waals surface area contributed by atoms with Crippen LogP contribution < -0.4 is 20.9 Å². The lowest BCUT2D eigenvalue weighted by molar-refractivity contribution is -0.191. The molecule has 3 N–H and O–H groups in total. The van der Waals surface area contributed by atoms with Crippen molar-refractivity contribution in [2.45, 2.75) is 25.9 Å². The zero-order valence-electron chi connectivity index (χ0n) is 11.3. The van der Waals surface area contributed by atoms with Crippen LogP contribution in [0.5, 0.6) is 0 Å². The molecule has 1 aromatic heterocycles. The van der Waals surface area contributed by atoms with Crippen molar-refractivity contribution in [2.75, 3.05) is 0 Å². The molecule has 1 aliphatic carbocycles. The summed E-state index contributed by atoms with van der Waals surface area (Å²) in [6.45, 7) is 1.75. The number of allylic oxidation sites excluding steroid dienone is 3. The molecule has 21 heavy (non-hydrogen) atoms. The van der Waals surface area contributed by atoms with Crippen LogP contribution in [0.1, 0.15) is 19.8 Å². The molecule has 0 fully saturated rings. The van der Waals surface area contributed by atoms with E-state index in [-0.39, 0.29) is 6.42 Å². The predicted octanol–water partition coefficient (Wildman–Crippen LogP) is 1.72. The highest BCUT2D eigenvalue weighted by Gasteiger charge is 2.52. The summed E-state index contributed by atoms with van der Waals surface area (Å²) in [6.07, 6.45) is 0.162. The van der Waals surface area contributed by atoms with Crippen LogP contribution >= 0.6 is 11.3 Å². The number of hydrogen-bond acceptors (Lipinski definition) is 4. The van der Waals surface area contributed by atoms with Crippen molar-refractivity contribution < 1.29 is 13.2 Å². The van der Waals surface area contributed by atoms with Crippen LogP contribution in [-0.4, -0.2) is 11.2 Å². The van der Waals surface area contributed by atoms with Crippen molar-refractivity contribution in [1.82, 2.24) is 10.3 Å². The number of rotatable bonds is 2. The van der Waals surface area contributed by atoms with Crippen LogP contribution in [-0.2, 0) is 0 Å². The van der Waals surface area contributed by atoms with E-state index in [1.807, 2.05) is 0 Å². The maximum absolute atomic E-state index is 13.5. The van der Waals surface area contributed by atoms with E-state index in [0.29, 0.717) is 23.3 Å². The van der Waals surface area contributed by atoms with Crippen molar-refractivity contribution >= 4 is 22.7 Å². The lowest BCUT2D eigenvalue weighted by atomic mass is 9.77. The number of fused-ring (bicyclic) bond motifs is 2. The van der Waals surface area contributed by atoms with Crippen LogP contribution in [0.4, 0.5) is 13.2 Å². The van der Waals surface area contributed by atoms with Crippen LogP contribution in [0.2, 0.25) is 0 Å². The van der Waals surface area contributed by atoms with Gasteiger partial charge >= 0.3 is 6.18 Å². The smallest absolute Gasteiger partial charge is 0.383 e. The number of aromatic nitrogens is 1. The molecule has 3 nitrogen and oxygen atoms in total. The summed E-state index contributed by atoms with van der Waals surface area (Å²) < 4.78 is 41.3. The Kier molecular flexibility index (Phi) is 3.12. The molecule has 0 bridgehead atoms. The quantitative estimate of drug-likeness (QED) is 0.874. The zero-order chi connectivity index (χ0) is 15.3. The zero-order valence-corrected chi connectivity index (χ0v) is 12.1. The Labute approximate surface area is 123 Å². The summed E-state index contributed by atoms with van der Waals surface area (Å²) in [5.41, 5.74) is 6.70. The van der Waals surface area contributed by atoms with Crippen LogP contribution in [0, 0.1) is 5.41 Å². The molecular weight excluding hydrogens is 299 g/mol. The number of halogens is 3. The molecule has 2 aliphatic rings. The summed E-state index contributed by atoms with van der Waals surface area (Å²) in [7, 11) is 0. The maximum Gasteiger partial charge on any atom is 0.401 e. The number of hydrogen-bond donors (Lipinski definition) is 2. The molecule has 0 radical (unpaired) electrons. The third-order valence-electron chi connectivity index (χ3n) is 3.77. The van der Waals surface area contributed by atoms with Crippen molar-refractivity contribution in [3.05, 3.63) is 39.3 Å². The predicted molar refractivity (Wildman–Crippen MR) is 76.1 cm³/mol. The molecule has 0 amide bonds. The lowest BCUT2D eigenvalue weighted by Crippen LogP contribution is -2.44. The summed E-state index contributed by atoms with van der Waals surface area (Å²) in [5.74, 6) is 0.295. The minimum Gasteiger partial charge on any atom is -0.383 e. The highest BCUT2D eigenvalue weighted by Crippen LogP contribution is 2.48. The molecule has 1 atom stereocenters. The van der Waals surface area contributed by atoms with Gasteiger partial charge < -0.3 is 11.1 Å². The lowest BCUT2D eigenvalue weighted by Gasteiger charge is -2.34. The highest BCUT2D eigenvalue weighted by atomic mass is 32.1. The standard InChI is InChI=1S/C14H14F3N3S/c1-2-4-13(14(15,16)17)5-3-8-9(6-13)20-12(18)10-11(8)21-7-19-10/h3,5-7,20H,2,4,18H2,1H3. The van der Waals surface area contributed by atoms with Gasteiger partial charge in [0.2, 0.25) is 0 Å². The number of alkyl halides is 3. The van der Waals surface area contributed by atoms with Crippen molar-refractivity contribution in [2.24, 2.45) is 11.1 Å². The molecule has 0 saturated carbocycles. The minimum absolute atomic E-state index is 0.0148. The van der Waals surface area contributed by atoms with E-state index in [9.17, 15) is 13.2 Å². The van der Waals surface area contributed by atoms with E-state index in [2.05, 4.69) is 10.3 Å². The van der Waals surface area contributed by atoms with E-state index in [4.69, 9.17) is 5.73 Å². The first-order valence-corrected chi connectivity index (χ1v) is 7.46. The van der Waals surface area contributed by atoms with Gasteiger partial charge in [0.05, 0.1) is 10.0 Å². The second kappa shape index (κ2) is 4.62. The summed E-state index contributed by atoms with van der Waals surface area (Å²) in [4.78, 5) is 4.14. The molecule has 0 saturated heterocycles. The Hall–Kier alpha value is -1.76. The highest BCUT2D eigenvalue weighted by molar-refractivity contribution is 7.07. The van der Waals surface area contributed by atoms with Gasteiger partial charge in [-0.1, -0.05) is 25.5 Å². The first-order valence-electron chi connectivity index (χ1n) is 6.58. The Morgan fingerprint density at radius 3 is 2.86 bits per heavy atom. The van der Waals surface area contributed by atoms with E-state index >= 15 is 0 Å². The van der Waals surface area contributed by atoms with Gasteiger partial charge in [0.25, 0.3) is 0 Å². The Balaban J connectivity index is 2.21. The fourth-order valence-corrected chi connectivity index (χ4v) is 3.57. The van der Waals surface area contributed by atoms with Crippen LogP contribution in [0.25, 0.3) is 11.4 Å². The van der Waals surface area contributed by atoms with Gasteiger partial charge in [-0.3, -0.25) is 0 Å².